The molecule has 5 aromatic heterocycles. The van der Waals surface area contributed by atoms with Crippen LogP contribution in [-0.4, -0.2) is 89.4 Å². The highest BCUT2D eigenvalue weighted by Crippen LogP contribution is 2.33. The summed E-state index contributed by atoms with van der Waals surface area (Å²) in [4.78, 5) is 47.2. The maximum Gasteiger partial charge on any atom is 0.295 e. The zero-order chi connectivity index (χ0) is 30.9. The summed E-state index contributed by atoms with van der Waals surface area (Å²) in [6.45, 7) is 4.17. The fourth-order valence-electron chi connectivity index (χ4n) is 5.65. The first-order valence-corrected chi connectivity index (χ1v) is 14.5. The lowest BCUT2D eigenvalue weighted by atomic mass is 10.1. The summed E-state index contributed by atoms with van der Waals surface area (Å²) < 4.78 is 8.94. The maximum absolute atomic E-state index is 13.7. The number of nitrogens with zero attached hydrogens (tertiary/aromatic N) is 9. The molecule has 1 N–H and O–H groups in total. The van der Waals surface area contributed by atoms with Crippen LogP contribution in [0, 0.1) is 6.92 Å². The van der Waals surface area contributed by atoms with Gasteiger partial charge >= 0.3 is 0 Å². The first-order valence-electron chi connectivity index (χ1n) is 14.5. The van der Waals surface area contributed by atoms with Gasteiger partial charge in [0.25, 0.3) is 11.7 Å². The van der Waals surface area contributed by atoms with Crippen LogP contribution in [0.5, 0.6) is 5.75 Å². The van der Waals surface area contributed by atoms with Crippen LogP contribution in [0.25, 0.3) is 28.0 Å². The third-order valence-corrected chi connectivity index (χ3v) is 7.88. The molecule has 45 heavy (non-hydrogen) atoms. The number of anilines is 1. The lowest BCUT2D eigenvalue weighted by Crippen LogP contribution is -2.50. The number of aryl methyl sites for hydroxylation is 1. The second kappa shape index (κ2) is 11.7. The smallest absolute Gasteiger partial charge is 0.295 e. The number of benzene rings is 1. The Morgan fingerprint density at radius 2 is 1.76 bits per heavy atom. The predicted octanol–water partition coefficient (Wildman–Crippen LogP) is 3.30. The van der Waals surface area contributed by atoms with Crippen LogP contribution in [0.2, 0.25) is 0 Å². The largest absolute Gasteiger partial charge is 0.494 e. The fourth-order valence-corrected chi connectivity index (χ4v) is 5.65. The Kier molecular flexibility index (Phi) is 7.25. The lowest BCUT2D eigenvalue weighted by Gasteiger charge is -2.35. The summed E-state index contributed by atoms with van der Waals surface area (Å²) in [5.74, 6) is 0.220. The van der Waals surface area contributed by atoms with Crippen molar-refractivity contribution in [2.75, 3.05) is 38.2 Å². The molecular weight excluding hydrogens is 572 g/mol. The van der Waals surface area contributed by atoms with Crippen molar-refractivity contribution >= 4 is 28.3 Å². The number of ketones is 1. The lowest BCUT2D eigenvalue weighted by molar-refractivity contribution is -0.126. The van der Waals surface area contributed by atoms with Gasteiger partial charge in [0.1, 0.15) is 23.6 Å². The van der Waals surface area contributed by atoms with Gasteiger partial charge in [0, 0.05) is 50.3 Å². The van der Waals surface area contributed by atoms with Crippen LogP contribution in [0.1, 0.15) is 21.9 Å². The summed E-state index contributed by atoms with van der Waals surface area (Å²) in [7, 11) is 1.50. The molecule has 0 radical (unpaired) electrons. The molecule has 226 valence electrons. The van der Waals surface area contributed by atoms with Crippen LogP contribution in [0.3, 0.4) is 0 Å². The molecule has 1 amide bonds. The van der Waals surface area contributed by atoms with E-state index in [0.717, 1.165) is 22.6 Å². The van der Waals surface area contributed by atoms with E-state index in [4.69, 9.17) is 9.84 Å². The van der Waals surface area contributed by atoms with E-state index in [1.807, 2.05) is 59.4 Å². The Morgan fingerprint density at radius 3 is 2.47 bits per heavy atom. The number of piperazine rings is 1. The zero-order valence-corrected chi connectivity index (χ0v) is 24.8. The molecule has 0 atom stereocenters. The first-order chi connectivity index (χ1) is 22.0. The van der Waals surface area contributed by atoms with Crippen molar-refractivity contribution < 1.29 is 14.3 Å². The molecule has 1 fully saturated rings. The molecule has 0 spiro atoms. The number of amides is 1. The van der Waals surface area contributed by atoms with Crippen molar-refractivity contribution in [2.24, 2.45) is 0 Å². The highest BCUT2D eigenvalue weighted by molar-refractivity contribution is 6.45. The quantitative estimate of drug-likeness (QED) is 0.205. The third kappa shape index (κ3) is 5.28. The number of aromatic nitrogens is 8. The normalized spacial score (nSPS) is 13.4. The van der Waals surface area contributed by atoms with Crippen LogP contribution < -0.4 is 9.64 Å². The molecular formula is C32H30N10O3. The van der Waals surface area contributed by atoms with Crippen molar-refractivity contribution in [2.45, 2.75) is 13.5 Å². The Hall–Kier alpha value is -5.85. The topological polar surface area (TPSA) is 140 Å². The van der Waals surface area contributed by atoms with E-state index >= 15 is 0 Å². The summed E-state index contributed by atoms with van der Waals surface area (Å²) >= 11 is 0. The number of ether oxygens (including phenoxy) is 1. The summed E-state index contributed by atoms with van der Waals surface area (Å²) in [5.41, 5.74) is 4.49. The fraction of sp³-hybridized carbons (Fsp3) is 0.219. The Bertz CT molecular complexity index is 1990. The van der Waals surface area contributed by atoms with Gasteiger partial charge in [0.15, 0.2) is 5.82 Å². The number of H-pyrrole nitrogens is 1. The molecule has 1 aliphatic heterocycles. The Morgan fingerprint density at radius 1 is 0.956 bits per heavy atom. The molecule has 7 rings (SSSR count). The zero-order valence-electron chi connectivity index (χ0n) is 24.8. The van der Waals surface area contributed by atoms with Crippen LogP contribution in [-0.2, 0) is 11.3 Å². The molecule has 0 aliphatic carbocycles. The third-order valence-electron chi connectivity index (χ3n) is 7.88. The summed E-state index contributed by atoms with van der Waals surface area (Å²) in [6, 6.07) is 15.9. The number of pyridine rings is 2. The second-order valence-corrected chi connectivity index (χ2v) is 10.7. The highest BCUT2D eigenvalue weighted by Gasteiger charge is 2.31. The van der Waals surface area contributed by atoms with Gasteiger partial charge in [-0.3, -0.25) is 19.3 Å². The number of methoxy groups -OCH3 is 1. The van der Waals surface area contributed by atoms with E-state index < -0.39 is 11.7 Å². The average molecular weight is 603 g/mol. The molecule has 1 saturated heterocycles. The van der Waals surface area contributed by atoms with E-state index in [1.165, 1.54) is 24.2 Å². The molecule has 13 heteroatoms. The number of carbonyl (C=O) groups is 2. The molecule has 0 saturated carbocycles. The minimum atomic E-state index is -0.618. The number of hydrogen-bond donors (Lipinski definition) is 1. The van der Waals surface area contributed by atoms with Crippen LogP contribution in [0.15, 0.2) is 79.6 Å². The Labute approximate surface area is 258 Å². The number of Topliss-reactive ketones (excluding diaryl/α,β-unsaturated/α-hetero) is 1. The molecule has 13 nitrogen and oxygen atoms in total. The van der Waals surface area contributed by atoms with Gasteiger partial charge in [-0.2, -0.15) is 10.2 Å². The maximum atomic E-state index is 13.7. The molecule has 0 unspecified atom stereocenters. The minimum absolute atomic E-state index is 0.219. The van der Waals surface area contributed by atoms with Gasteiger partial charge < -0.3 is 19.5 Å². The van der Waals surface area contributed by atoms with Gasteiger partial charge in [0.05, 0.1) is 47.7 Å². The average Bonchev–Trinajstić information content (AvgIpc) is 3.83. The number of carbonyl (C=O) groups excluding carboxylic acids is 2. The van der Waals surface area contributed by atoms with Gasteiger partial charge in [-0.25, -0.2) is 14.6 Å². The van der Waals surface area contributed by atoms with Crippen LogP contribution >= 0.6 is 0 Å². The van der Waals surface area contributed by atoms with Crippen LogP contribution in [0.4, 0.5) is 5.69 Å². The number of nitrogens with one attached hydrogen (secondary N) is 1. The van der Waals surface area contributed by atoms with E-state index in [1.54, 1.807) is 24.3 Å². The first kappa shape index (κ1) is 28.0. The highest BCUT2D eigenvalue weighted by atomic mass is 16.5. The molecule has 6 heterocycles. The summed E-state index contributed by atoms with van der Waals surface area (Å²) in [5, 5.41) is 9.72. The second-order valence-electron chi connectivity index (χ2n) is 10.7. The standard InChI is InChI=1S/C32H30N10O3/c1-21-36-20-42(37-21)31-29-27(26(45-2)17-35-31)24(16-34-29)30(43)32(44)40-14-12-39(13-15-40)25-19-41(18-23-10-6-7-11-33-23)38-28(25)22-8-4-3-5-9-22/h3-11,16-17,19-20,34H,12-15,18H2,1-2H3. The van der Waals surface area contributed by atoms with Gasteiger partial charge in [-0.1, -0.05) is 36.4 Å². The van der Waals surface area contributed by atoms with Gasteiger partial charge in [-0.05, 0) is 19.1 Å². The molecule has 0 bridgehead atoms. The van der Waals surface area contributed by atoms with Crippen molar-refractivity contribution in [3.8, 4) is 22.8 Å². The van der Waals surface area contributed by atoms with E-state index in [9.17, 15) is 9.59 Å². The van der Waals surface area contributed by atoms with E-state index in [-0.39, 0.29) is 5.56 Å². The minimum Gasteiger partial charge on any atom is -0.494 e. The monoisotopic (exact) mass is 602 g/mol. The molecule has 6 aromatic rings. The number of rotatable bonds is 8. The van der Waals surface area contributed by atoms with Crippen molar-refractivity contribution in [3.05, 3.63) is 96.7 Å². The predicted molar refractivity (Wildman–Crippen MR) is 166 cm³/mol. The van der Waals surface area contributed by atoms with Gasteiger partial charge in [0.2, 0.25) is 0 Å². The van der Waals surface area contributed by atoms with Crippen molar-refractivity contribution in [1.29, 1.82) is 0 Å². The number of fused-ring (bicyclic) bond motifs is 1. The van der Waals surface area contributed by atoms with E-state index in [2.05, 4.69) is 29.9 Å². The molecule has 1 aromatic carbocycles. The van der Waals surface area contributed by atoms with Crippen molar-refractivity contribution in [3.63, 3.8) is 0 Å². The molecule has 1 aliphatic rings. The number of hydrogen-bond acceptors (Lipinski definition) is 9. The summed E-state index contributed by atoms with van der Waals surface area (Å²) in [6.07, 6.45) is 8.39. The number of aromatic amines is 1. The van der Waals surface area contributed by atoms with Gasteiger partial charge in [-0.15, -0.1) is 0 Å². The Balaban J connectivity index is 1.12. The SMILES string of the molecule is COc1cnc(-n2cnc(C)n2)c2[nH]cc(C(=O)C(=O)N3CCN(c4cn(Cc5ccccn5)nc4-c4ccccc4)CC3)c12. The van der Waals surface area contributed by atoms with E-state index in [0.29, 0.717) is 61.0 Å². The van der Waals surface area contributed by atoms with Crippen molar-refractivity contribution in [1.82, 2.24) is 44.4 Å².